The molecule has 0 bridgehead atoms. The molecule has 0 saturated heterocycles. The van der Waals surface area contributed by atoms with Crippen molar-refractivity contribution >= 4 is 33.0 Å². The van der Waals surface area contributed by atoms with Crippen LogP contribution in [-0.4, -0.2) is 14.2 Å². The van der Waals surface area contributed by atoms with E-state index in [9.17, 15) is 8.42 Å². The lowest BCUT2D eigenvalue weighted by atomic mass is 10.1. The minimum Gasteiger partial charge on any atom is -0.323 e. The summed E-state index contributed by atoms with van der Waals surface area (Å²) in [6.07, 6.45) is 0. The van der Waals surface area contributed by atoms with Crippen molar-refractivity contribution in [3.63, 3.8) is 0 Å². The summed E-state index contributed by atoms with van der Waals surface area (Å²) in [6, 6.07) is 11.2. The number of sulfone groups is 1. The average molecular weight is 344 g/mol. The predicted octanol–water partition coefficient (Wildman–Crippen LogP) is 3.78. The van der Waals surface area contributed by atoms with Crippen molar-refractivity contribution in [3.8, 4) is 0 Å². The predicted molar refractivity (Wildman–Crippen MR) is 86.6 cm³/mol. The highest BCUT2D eigenvalue weighted by molar-refractivity contribution is 7.91. The molecule has 2 rings (SSSR count). The van der Waals surface area contributed by atoms with Crippen LogP contribution in [0.5, 0.6) is 0 Å². The number of hydrogen-bond donors (Lipinski definition) is 1. The number of hydrogen-bond acceptors (Lipinski definition) is 3. The van der Waals surface area contributed by atoms with Gasteiger partial charge in [-0.3, -0.25) is 0 Å². The first-order valence-electron chi connectivity index (χ1n) is 6.29. The van der Waals surface area contributed by atoms with Crippen molar-refractivity contribution in [1.29, 1.82) is 0 Å². The van der Waals surface area contributed by atoms with Crippen molar-refractivity contribution in [2.45, 2.75) is 17.9 Å². The molecule has 0 spiro atoms. The van der Waals surface area contributed by atoms with Gasteiger partial charge in [0.25, 0.3) is 0 Å². The summed E-state index contributed by atoms with van der Waals surface area (Å²) in [7, 11) is -3.61. The summed E-state index contributed by atoms with van der Waals surface area (Å²) in [5, 5.41) is 0.470. The van der Waals surface area contributed by atoms with Gasteiger partial charge in [-0.05, 0) is 30.7 Å². The second-order valence-corrected chi connectivity index (χ2v) is 7.72. The maximum atomic E-state index is 12.4. The fourth-order valence-electron chi connectivity index (χ4n) is 1.95. The van der Waals surface area contributed by atoms with Crippen LogP contribution in [0.4, 0.5) is 0 Å². The number of benzene rings is 2. The van der Waals surface area contributed by atoms with E-state index >= 15 is 0 Å². The topological polar surface area (TPSA) is 60.2 Å². The Bertz CT molecular complexity index is 743. The first-order chi connectivity index (χ1) is 9.79. The van der Waals surface area contributed by atoms with Gasteiger partial charge in [-0.25, -0.2) is 8.42 Å². The number of halogens is 2. The molecule has 3 nitrogen and oxygen atoms in total. The molecule has 0 heterocycles. The summed E-state index contributed by atoms with van der Waals surface area (Å²) in [6.45, 7) is 1.96. The zero-order chi connectivity index (χ0) is 15.6. The molecule has 1 atom stereocenters. The normalized spacial score (nSPS) is 13.1. The van der Waals surface area contributed by atoms with E-state index in [-0.39, 0.29) is 15.7 Å². The van der Waals surface area contributed by atoms with Gasteiger partial charge in [0.2, 0.25) is 0 Å². The minimum atomic E-state index is -3.61. The molecule has 112 valence electrons. The van der Waals surface area contributed by atoms with Crippen LogP contribution in [0.1, 0.15) is 17.2 Å². The van der Waals surface area contributed by atoms with Gasteiger partial charge in [0.15, 0.2) is 9.84 Å². The molecule has 2 aromatic rings. The molecule has 2 N–H and O–H groups in total. The summed E-state index contributed by atoms with van der Waals surface area (Å²) in [5.41, 5.74) is 7.86. The Morgan fingerprint density at radius 3 is 2.33 bits per heavy atom. The number of aryl methyl sites for hydroxylation is 1. The molecular formula is C15H15Cl2NO2S. The highest BCUT2D eigenvalue weighted by atomic mass is 35.5. The average Bonchev–Trinajstić information content (AvgIpc) is 2.41. The maximum Gasteiger partial charge on any atom is 0.181 e. The molecule has 0 aromatic heterocycles. The Hall–Kier alpha value is -1.07. The van der Waals surface area contributed by atoms with Gasteiger partial charge in [-0.15, -0.1) is 0 Å². The first kappa shape index (κ1) is 16.3. The molecule has 21 heavy (non-hydrogen) atoms. The van der Waals surface area contributed by atoms with Crippen LogP contribution >= 0.6 is 23.2 Å². The third-order valence-electron chi connectivity index (χ3n) is 3.13. The van der Waals surface area contributed by atoms with Gasteiger partial charge >= 0.3 is 0 Å². The molecule has 1 unspecified atom stereocenters. The lowest BCUT2D eigenvalue weighted by Gasteiger charge is -2.14. The molecular weight excluding hydrogens is 329 g/mol. The zero-order valence-electron chi connectivity index (χ0n) is 11.4. The van der Waals surface area contributed by atoms with Crippen LogP contribution in [-0.2, 0) is 9.84 Å². The first-order valence-corrected chi connectivity index (χ1v) is 8.70. The van der Waals surface area contributed by atoms with E-state index in [1.807, 2.05) is 31.2 Å². The Morgan fingerprint density at radius 1 is 1.10 bits per heavy atom. The molecule has 0 amide bonds. The van der Waals surface area contributed by atoms with Gasteiger partial charge in [-0.2, -0.15) is 0 Å². The molecule has 6 heteroatoms. The van der Waals surface area contributed by atoms with Gasteiger partial charge < -0.3 is 5.73 Å². The largest absolute Gasteiger partial charge is 0.323 e. The van der Waals surface area contributed by atoms with Crippen molar-refractivity contribution in [3.05, 3.63) is 63.6 Å². The quantitative estimate of drug-likeness (QED) is 0.918. The van der Waals surface area contributed by atoms with Crippen LogP contribution in [0.15, 0.2) is 47.4 Å². The van der Waals surface area contributed by atoms with Crippen LogP contribution in [0.25, 0.3) is 0 Å². The van der Waals surface area contributed by atoms with E-state index in [4.69, 9.17) is 28.9 Å². The highest BCUT2D eigenvalue weighted by Crippen LogP contribution is 2.27. The molecule has 0 aliphatic rings. The molecule has 2 aromatic carbocycles. The lowest BCUT2D eigenvalue weighted by molar-refractivity contribution is 0.589. The van der Waals surface area contributed by atoms with Crippen molar-refractivity contribution in [1.82, 2.24) is 0 Å². The van der Waals surface area contributed by atoms with Crippen LogP contribution in [0, 0.1) is 6.92 Å². The third-order valence-corrected chi connectivity index (χ3v) is 5.62. The Kier molecular flexibility index (Phi) is 4.94. The number of nitrogens with two attached hydrogens (primary N) is 1. The second-order valence-electron chi connectivity index (χ2n) is 4.87. The summed E-state index contributed by atoms with van der Waals surface area (Å²) < 4.78 is 24.9. The van der Waals surface area contributed by atoms with Gasteiger partial charge in [0, 0.05) is 11.1 Å². The van der Waals surface area contributed by atoms with E-state index in [0.717, 1.165) is 11.1 Å². The Balaban J connectivity index is 2.28. The fourth-order valence-corrected chi connectivity index (χ4v) is 4.18. The second kappa shape index (κ2) is 6.36. The monoisotopic (exact) mass is 343 g/mol. The van der Waals surface area contributed by atoms with E-state index in [2.05, 4.69) is 0 Å². The maximum absolute atomic E-state index is 12.4. The van der Waals surface area contributed by atoms with Crippen LogP contribution in [0.3, 0.4) is 0 Å². The molecule has 0 saturated carbocycles. The molecule has 0 fully saturated rings. The van der Waals surface area contributed by atoms with Crippen molar-refractivity contribution < 1.29 is 8.42 Å². The van der Waals surface area contributed by atoms with Gasteiger partial charge in [0.05, 0.1) is 15.7 Å². The van der Waals surface area contributed by atoms with Crippen molar-refractivity contribution in [2.75, 3.05) is 5.75 Å². The molecule has 0 aliphatic heterocycles. The van der Waals surface area contributed by atoms with Gasteiger partial charge in [-0.1, -0.05) is 53.0 Å². The standard InChI is InChI=1S/C15H15Cl2NO2S/c1-10-2-4-11(5-3-10)14(18)9-21(19,20)15-8-12(16)6-7-13(15)17/h2-8,14H,9,18H2,1H3. The van der Waals surface area contributed by atoms with E-state index in [1.54, 1.807) is 6.07 Å². The summed E-state index contributed by atoms with van der Waals surface area (Å²) in [4.78, 5) is 0.0132. The van der Waals surface area contributed by atoms with Crippen LogP contribution < -0.4 is 5.73 Å². The van der Waals surface area contributed by atoms with Crippen LogP contribution in [0.2, 0.25) is 10.0 Å². The number of rotatable bonds is 4. The Labute approximate surface area is 134 Å². The van der Waals surface area contributed by atoms with E-state index < -0.39 is 15.9 Å². The van der Waals surface area contributed by atoms with E-state index in [0.29, 0.717) is 5.02 Å². The summed E-state index contributed by atoms with van der Waals surface area (Å²) >= 11 is 11.8. The summed E-state index contributed by atoms with van der Waals surface area (Å²) in [5.74, 6) is -0.226. The van der Waals surface area contributed by atoms with Crippen molar-refractivity contribution in [2.24, 2.45) is 5.73 Å². The highest BCUT2D eigenvalue weighted by Gasteiger charge is 2.22. The smallest absolute Gasteiger partial charge is 0.181 e. The Morgan fingerprint density at radius 2 is 1.71 bits per heavy atom. The van der Waals surface area contributed by atoms with E-state index in [1.165, 1.54) is 12.1 Å². The lowest BCUT2D eigenvalue weighted by Crippen LogP contribution is -2.22. The molecule has 0 radical (unpaired) electrons. The van der Waals surface area contributed by atoms with Gasteiger partial charge in [0.1, 0.15) is 0 Å². The fraction of sp³-hybridized carbons (Fsp3) is 0.200. The third kappa shape index (κ3) is 3.98. The zero-order valence-corrected chi connectivity index (χ0v) is 13.7. The minimum absolute atomic E-state index is 0.0132. The molecule has 0 aliphatic carbocycles. The SMILES string of the molecule is Cc1ccc(C(N)CS(=O)(=O)c2cc(Cl)ccc2Cl)cc1.